The van der Waals surface area contributed by atoms with E-state index in [0.29, 0.717) is 6.54 Å². The summed E-state index contributed by atoms with van der Waals surface area (Å²) in [5.74, 6) is -0.0333. The number of aromatic nitrogens is 3. The lowest BCUT2D eigenvalue weighted by atomic mass is 10.1. The number of aryl methyl sites for hydroxylation is 1. The highest BCUT2D eigenvalue weighted by atomic mass is 16.2. The fourth-order valence-corrected chi connectivity index (χ4v) is 1.70. The zero-order valence-electron chi connectivity index (χ0n) is 10.1. The first-order valence-corrected chi connectivity index (χ1v) is 6.04. The minimum atomic E-state index is -0.226. The number of carbonyl (C=O) groups is 1. The van der Waals surface area contributed by atoms with Gasteiger partial charge in [0.1, 0.15) is 6.33 Å². The summed E-state index contributed by atoms with van der Waals surface area (Å²) < 4.78 is 0. The molecule has 1 heterocycles. The van der Waals surface area contributed by atoms with Crippen LogP contribution in [0.2, 0.25) is 0 Å². The number of rotatable bonds is 6. The molecule has 0 bridgehead atoms. The van der Waals surface area contributed by atoms with Crippen LogP contribution in [0.1, 0.15) is 29.0 Å². The van der Waals surface area contributed by atoms with E-state index in [1.807, 2.05) is 18.2 Å². The van der Waals surface area contributed by atoms with Crippen LogP contribution in [-0.4, -0.2) is 27.6 Å². The van der Waals surface area contributed by atoms with E-state index in [1.165, 1.54) is 11.9 Å². The SMILES string of the molecule is O=C(NCCCCc1ccccc1)c1nc[nH]n1. The fourth-order valence-electron chi connectivity index (χ4n) is 1.70. The molecule has 18 heavy (non-hydrogen) atoms. The van der Waals surface area contributed by atoms with Crippen LogP contribution in [0.4, 0.5) is 0 Å². The number of hydrogen-bond donors (Lipinski definition) is 2. The summed E-state index contributed by atoms with van der Waals surface area (Å²) in [5, 5.41) is 9.01. The summed E-state index contributed by atoms with van der Waals surface area (Å²) in [6.45, 7) is 0.653. The van der Waals surface area contributed by atoms with Gasteiger partial charge in [0, 0.05) is 6.54 Å². The molecule has 0 fully saturated rings. The van der Waals surface area contributed by atoms with Gasteiger partial charge in [0.15, 0.2) is 0 Å². The van der Waals surface area contributed by atoms with Gasteiger partial charge < -0.3 is 5.32 Å². The van der Waals surface area contributed by atoms with Gasteiger partial charge in [-0.25, -0.2) is 4.98 Å². The second kappa shape index (κ2) is 6.54. The molecule has 1 amide bonds. The Morgan fingerprint density at radius 3 is 2.78 bits per heavy atom. The van der Waals surface area contributed by atoms with E-state index in [1.54, 1.807) is 0 Å². The Bertz CT molecular complexity index is 467. The molecule has 0 saturated carbocycles. The molecule has 1 aromatic carbocycles. The van der Waals surface area contributed by atoms with Gasteiger partial charge in [-0.1, -0.05) is 30.3 Å². The molecule has 1 aromatic heterocycles. The third kappa shape index (κ3) is 3.69. The minimum absolute atomic E-state index is 0.193. The van der Waals surface area contributed by atoms with Gasteiger partial charge >= 0.3 is 0 Å². The second-order valence-corrected chi connectivity index (χ2v) is 4.02. The summed E-state index contributed by atoms with van der Waals surface area (Å²) in [6.07, 6.45) is 4.44. The van der Waals surface area contributed by atoms with E-state index in [4.69, 9.17) is 0 Å². The number of nitrogens with zero attached hydrogens (tertiary/aromatic N) is 2. The van der Waals surface area contributed by atoms with E-state index in [2.05, 4.69) is 32.6 Å². The largest absolute Gasteiger partial charge is 0.349 e. The van der Waals surface area contributed by atoms with Gasteiger partial charge in [-0.15, -0.1) is 5.10 Å². The number of H-pyrrole nitrogens is 1. The van der Waals surface area contributed by atoms with Crippen molar-refractivity contribution in [1.29, 1.82) is 0 Å². The Labute approximate surface area is 106 Å². The molecule has 0 saturated heterocycles. The van der Waals surface area contributed by atoms with Crippen molar-refractivity contribution < 1.29 is 4.79 Å². The molecular formula is C13H16N4O. The van der Waals surface area contributed by atoms with E-state index < -0.39 is 0 Å². The van der Waals surface area contributed by atoms with Gasteiger partial charge in [0.25, 0.3) is 5.91 Å². The van der Waals surface area contributed by atoms with Crippen molar-refractivity contribution in [2.24, 2.45) is 0 Å². The first-order valence-electron chi connectivity index (χ1n) is 6.04. The van der Waals surface area contributed by atoms with Crippen LogP contribution in [0, 0.1) is 0 Å². The number of carbonyl (C=O) groups excluding carboxylic acids is 1. The predicted octanol–water partition coefficient (Wildman–Crippen LogP) is 1.56. The number of amides is 1. The maximum atomic E-state index is 11.5. The molecule has 0 aliphatic carbocycles. The van der Waals surface area contributed by atoms with Gasteiger partial charge in [0.2, 0.25) is 5.82 Å². The Balaban J connectivity index is 1.61. The van der Waals surface area contributed by atoms with Crippen molar-refractivity contribution >= 4 is 5.91 Å². The van der Waals surface area contributed by atoms with Gasteiger partial charge in [-0.2, -0.15) is 0 Å². The lowest BCUT2D eigenvalue weighted by Gasteiger charge is -2.03. The number of aromatic amines is 1. The van der Waals surface area contributed by atoms with Gasteiger partial charge in [0.05, 0.1) is 0 Å². The Kier molecular flexibility index (Phi) is 4.46. The molecule has 2 rings (SSSR count). The summed E-state index contributed by atoms with van der Waals surface area (Å²) >= 11 is 0. The van der Waals surface area contributed by atoms with Crippen molar-refractivity contribution in [2.45, 2.75) is 19.3 Å². The van der Waals surface area contributed by atoms with Crippen molar-refractivity contribution in [3.8, 4) is 0 Å². The standard InChI is InChI=1S/C13H16N4O/c18-13(12-15-10-16-17-12)14-9-5-4-8-11-6-2-1-3-7-11/h1-3,6-7,10H,4-5,8-9H2,(H,14,18)(H,15,16,17). The number of hydrogen-bond acceptors (Lipinski definition) is 3. The van der Waals surface area contributed by atoms with Crippen LogP contribution in [0.25, 0.3) is 0 Å². The average molecular weight is 244 g/mol. The van der Waals surface area contributed by atoms with E-state index in [-0.39, 0.29) is 11.7 Å². The fraction of sp³-hybridized carbons (Fsp3) is 0.308. The quantitative estimate of drug-likeness (QED) is 0.757. The Hall–Kier alpha value is -2.17. The predicted molar refractivity (Wildman–Crippen MR) is 68.1 cm³/mol. The maximum Gasteiger partial charge on any atom is 0.290 e. The molecule has 2 N–H and O–H groups in total. The van der Waals surface area contributed by atoms with Crippen LogP contribution >= 0.6 is 0 Å². The summed E-state index contributed by atoms with van der Waals surface area (Å²) in [4.78, 5) is 15.3. The average Bonchev–Trinajstić information content (AvgIpc) is 2.93. The molecule has 0 aliphatic rings. The lowest BCUT2D eigenvalue weighted by molar-refractivity contribution is 0.0943. The van der Waals surface area contributed by atoms with Gasteiger partial charge in [-0.05, 0) is 24.8 Å². The van der Waals surface area contributed by atoms with Crippen LogP contribution in [0.3, 0.4) is 0 Å². The molecule has 0 unspecified atom stereocenters. The second-order valence-electron chi connectivity index (χ2n) is 4.02. The van der Waals surface area contributed by atoms with Crippen LogP contribution in [-0.2, 0) is 6.42 Å². The van der Waals surface area contributed by atoms with Crippen LogP contribution in [0.15, 0.2) is 36.7 Å². The Morgan fingerprint density at radius 2 is 2.06 bits per heavy atom. The number of nitrogens with one attached hydrogen (secondary N) is 2. The van der Waals surface area contributed by atoms with Crippen LogP contribution < -0.4 is 5.32 Å². The molecule has 0 atom stereocenters. The highest BCUT2D eigenvalue weighted by Crippen LogP contribution is 2.03. The van der Waals surface area contributed by atoms with Crippen molar-refractivity contribution in [2.75, 3.05) is 6.54 Å². The van der Waals surface area contributed by atoms with Crippen LogP contribution in [0.5, 0.6) is 0 Å². The third-order valence-corrected chi connectivity index (χ3v) is 2.64. The molecule has 0 aliphatic heterocycles. The van der Waals surface area contributed by atoms with E-state index in [0.717, 1.165) is 19.3 Å². The highest BCUT2D eigenvalue weighted by molar-refractivity contribution is 5.90. The van der Waals surface area contributed by atoms with Crippen molar-refractivity contribution in [1.82, 2.24) is 20.5 Å². The van der Waals surface area contributed by atoms with Crippen molar-refractivity contribution in [3.63, 3.8) is 0 Å². The topological polar surface area (TPSA) is 70.7 Å². The van der Waals surface area contributed by atoms with Crippen molar-refractivity contribution in [3.05, 3.63) is 48.0 Å². The Morgan fingerprint density at radius 1 is 1.22 bits per heavy atom. The smallest absolute Gasteiger partial charge is 0.290 e. The van der Waals surface area contributed by atoms with E-state index in [9.17, 15) is 4.79 Å². The highest BCUT2D eigenvalue weighted by Gasteiger charge is 2.07. The number of unbranched alkanes of at least 4 members (excludes halogenated alkanes) is 1. The zero-order chi connectivity index (χ0) is 12.6. The molecular weight excluding hydrogens is 228 g/mol. The molecule has 0 radical (unpaired) electrons. The first kappa shape index (κ1) is 12.3. The number of benzene rings is 1. The molecule has 94 valence electrons. The molecule has 2 aromatic rings. The molecule has 5 heteroatoms. The summed E-state index contributed by atoms with van der Waals surface area (Å²) in [7, 11) is 0. The van der Waals surface area contributed by atoms with E-state index >= 15 is 0 Å². The third-order valence-electron chi connectivity index (χ3n) is 2.64. The monoisotopic (exact) mass is 244 g/mol. The zero-order valence-corrected chi connectivity index (χ0v) is 10.1. The molecule has 0 spiro atoms. The minimum Gasteiger partial charge on any atom is -0.349 e. The van der Waals surface area contributed by atoms with Gasteiger partial charge in [-0.3, -0.25) is 9.89 Å². The molecule has 5 nitrogen and oxygen atoms in total. The summed E-state index contributed by atoms with van der Waals surface area (Å²) in [6, 6.07) is 10.3. The maximum absolute atomic E-state index is 11.5. The first-order chi connectivity index (χ1) is 8.86. The lowest BCUT2D eigenvalue weighted by Crippen LogP contribution is -2.25. The summed E-state index contributed by atoms with van der Waals surface area (Å²) in [5.41, 5.74) is 1.33. The normalized spacial score (nSPS) is 10.2.